The fraction of sp³-hybridized carbons (Fsp3) is 0.700. The minimum atomic E-state index is -2.78. The van der Waals surface area contributed by atoms with E-state index in [4.69, 9.17) is 5.11 Å². The van der Waals surface area contributed by atoms with Crippen molar-refractivity contribution in [2.24, 2.45) is 5.92 Å². The molecule has 2 rings (SSSR count). The highest BCUT2D eigenvalue weighted by atomic mass is 32.2. The second-order valence-electron chi connectivity index (χ2n) is 4.34. The third-order valence-electron chi connectivity index (χ3n) is 3.03. The number of aromatic amines is 1. The van der Waals surface area contributed by atoms with Gasteiger partial charge in [0.15, 0.2) is 0 Å². The summed E-state index contributed by atoms with van der Waals surface area (Å²) in [6.07, 6.45) is 2.25. The molecule has 0 aliphatic carbocycles. The molecule has 1 fully saturated rings. The monoisotopic (exact) mass is 244 g/mol. The molecule has 16 heavy (non-hydrogen) atoms. The molecule has 0 spiro atoms. The lowest BCUT2D eigenvalue weighted by Gasteiger charge is -2.20. The summed E-state index contributed by atoms with van der Waals surface area (Å²) in [6.45, 7) is -0.0357. The molecule has 0 radical (unpaired) electrons. The molecular weight excluding hydrogens is 228 g/mol. The second-order valence-corrected chi connectivity index (χ2v) is 6.65. The van der Waals surface area contributed by atoms with E-state index in [1.165, 1.54) is 0 Å². The van der Waals surface area contributed by atoms with Crippen molar-refractivity contribution in [2.75, 3.05) is 11.5 Å². The fourth-order valence-electron chi connectivity index (χ4n) is 2.03. The molecule has 0 atom stereocenters. The standard InChI is InChI=1S/C10H16N2O3S/c13-7-10-6-9(11-12-10)5-8-1-3-16(14,15)4-2-8/h6,8,13H,1-5,7H2,(H,11,12). The Morgan fingerprint density at radius 2 is 2.12 bits per heavy atom. The minimum absolute atomic E-state index is 0.0357. The Hall–Kier alpha value is -0.880. The van der Waals surface area contributed by atoms with Crippen LogP contribution in [-0.2, 0) is 22.9 Å². The molecule has 0 aromatic carbocycles. The topological polar surface area (TPSA) is 83.0 Å². The van der Waals surface area contributed by atoms with Crippen LogP contribution in [0.5, 0.6) is 0 Å². The van der Waals surface area contributed by atoms with Crippen LogP contribution < -0.4 is 0 Å². The number of hydrogen-bond donors (Lipinski definition) is 2. The number of nitrogens with one attached hydrogen (secondary N) is 1. The van der Waals surface area contributed by atoms with Gasteiger partial charge in [-0.15, -0.1) is 0 Å². The summed E-state index contributed by atoms with van der Waals surface area (Å²) < 4.78 is 22.5. The highest BCUT2D eigenvalue weighted by Gasteiger charge is 2.24. The average molecular weight is 244 g/mol. The smallest absolute Gasteiger partial charge is 0.150 e. The summed E-state index contributed by atoms with van der Waals surface area (Å²) in [7, 11) is -2.78. The van der Waals surface area contributed by atoms with Gasteiger partial charge in [-0.1, -0.05) is 0 Å². The van der Waals surface area contributed by atoms with Crippen LogP contribution in [0.1, 0.15) is 24.2 Å². The molecule has 2 heterocycles. The van der Waals surface area contributed by atoms with E-state index in [0.717, 1.165) is 25.0 Å². The number of nitrogens with zero attached hydrogens (tertiary/aromatic N) is 1. The summed E-state index contributed by atoms with van der Waals surface area (Å²) in [4.78, 5) is 0. The van der Waals surface area contributed by atoms with Crippen molar-refractivity contribution in [2.45, 2.75) is 25.9 Å². The van der Waals surface area contributed by atoms with E-state index in [2.05, 4.69) is 10.2 Å². The highest BCUT2D eigenvalue weighted by molar-refractivity contribution is 7.91. The highest BCUT2D eigenvalue weighted by Crippen LogP contribution is 2.22. The molecule has 90 valence electrons. The van der Waals surface area contributed by atoms with Gasteiger partial charge in [0.1, 0.15) is 9.84 Å². The predicted molar refractivity (Wildman–Crippen MR) is 59.6 cm³/mol. The number of rotatable bonds is 3. The van der Waals surface area contributed by atoms with Gasteiger partial charge in [0.05, 0.1) is 29.5 Å². The van der Waals surface area contributed by atoms with Gasteiger partial charge in [-0.05, 0) is 31.2 Å². The zero-order valence-corrected chi connectivity index (χ0v) is 9.83. The van der Waals surface area contributed by atoms with Gasteiger partial charge in [0.25, 0.3) is 0 Å². The van der Waals surface area contributed by atoms with Gasteiger partial charge in [-0.2, -0.15) is 5.10 Å². The lowest BCUT2D eigenvalue weighted by molar-refractivity contribution is 0.276. The fourth-order valence-corrected chi connectivity index (χ4v) is 3.62. The summed E-state index contributed by atoms with van der Waals surface area (Å²) in [5.74, 6) is 1.00. The molecule has 6 heteroatoms. The van der Waals surface area contributed by atoms with E-state index < -0.39 is 9.84 Å². The van der Waals surface area contributed by atoms with Crippen molar-refractivity contribution in [3.63, 3.8) is 0 Å². The third kappa shape index (κ3) is 2.82. The van der Waals surface area contributed by atoms with E-state index in [1.807, 2.05) is 6.07 Å². The zero-order chi connectivity index (χ0) is 11.6. The summed E-state index contributed by atoms with van der Waals surface area (Å²) in [6, 6.07) is 1.84. The molecule has 0 bridgehead atoms. The van der Waals surface area contributed by atoms with E-state index >= 15 is 0 Å². The van der Waals surface area contributed by atoms with E-state index in [-0.39, 0.29) is 6.61 Å². The maximum Gasteiger partial charge on any atom is 0.150 e. The zero-order valence-electron chi connectivity index (χ0n) is 9.02. The molecular formula is C10H16N2O3S. The molecule has 1 saturated heterocycles. The Labute approximate surface area is 94.8 Å². The molecule has 1 aliphatic heterocycles. The molecule has 0 amide bonds. The number of hydrogen-bond acceptors (Lipinski definition) is 4. The van der Waals surface area contributed by atoms with Gasteiger partial charge in [0.2, 0.25) is 0 Å². The Kier molecular flexibility index (Phi) is 3.30. The van der Waals surface area contributed by atoms with Crippen molar-refractivity contribution >= 4 is 9.84 Å². The molecule has 0 saturated carbocycles. The lowest BCUT2D eigenvalue weighted by atomic mass is 9.97. The van der Waals surface area contributed by atoms with Crippen molar-refractivity contribution < 1.29 is 13.5 Å². The predicted octanol–water partition coefficient (Wildman–Crippen LogP) is 0.269. The van der Waals surface area contributed by atoms with Gasteiger partial charge >= 0.3 is 0 Å². The van der Waals surface area contributed by atoms with Crippen molar-refractivity contribution in [1.29, 1.82) is 0 Å². The first kappa shape index (κ1) is 11.6. The Morgan fingerprint density at radius 1 is 1.44 bits per heavy atom. The van der Waals surface area contributed by atoms with Crippen LogP contribution in [0.3, 0.4) is 0 Å². The van der Waals surface area contributed by atoms with Crippen LogP contribution in [-0.4, -0.2) is 35.2 Å². The van der Waals surface area contributed by atoms with Gasteiger partial charge in [-0.3, -0.25) is 5.10 Å². The third-order valence-corrected chi connectivity index (χ3v) is 4.74. The van der Waals surface area contributed by atoms with Gasteiger partial charge in [0, 0.05) is 0 Å². The number of aromatic nitrogens is 2. The van der Waals surface area contributed by atoms with Gasteiger partial charge < -0.3 is 5.11 Å². The normalized spacial score (nSPS) is 21.1. The maximum atomic E-state index is 11.2. The average Bonchev–Trinajstić information content (AvgIpc) is 2.69. The second kappa shape index (κ2) is 4.55. The number of H-pyrrole nitrogens is 1. The lowest BCUT2D eigenvalue weighted by Crippen LogP contribution is -2.24. The molecule has 0 unspecified atom stereocenters. The van der Waals surface area contributed by atoms with Crippen LogP contribution in [0, 0.1) is 5.92 Å². The Morgan fingerprint density at radius 3 is 2.69 bits per heavy atom. The summed E-state index contributed by atoms with van der Waals surface area (Å²) in [5, 5.41) is 15.7. The van der Waals surface area contributed by atoms with Crippen molar-refractivity contribution in [3.8, 4) is 0 Å². The number of sulfone groups is 1. The number of aliphatic hydroxyl groups excluding tert-OH is 1. The largest absolute Gasteiger partial charge is 0.390 e. The van der Waals surface area contributed by atoms with Crippen LogP contribution in [0.15, 0.2) is 6.07 Å². The maximum absolute atomic E-state index is 11.2. The Bertz CT molecular complexity index is 438. The quantitative estimate of drug-likeness (QED) is 0.799. The molecule has 1 aliphatic rings. The van der Waals surface area contributed by atoms with E-state index in [9.17, 15) is 8.42 Å². The minimum Gasteiger partial charge on any atom is -0.390 e. The van der Waals surface area contributed by atoms with Crippen LogP contribution in [0.2, 0.25) is 0 Å². The number of aliphatic hydroxyl groups is 1. The van der Waals surface area contributed by atoms with Gasteiger partial charge in [-0.25, -0.2) is 8.42 Å². The van der Waals surface area contributed by atoms with E-state index in [0.29, 0.717) is 23.1 Å². The van der Waals surface area contributed by atoms with Crippen LogP contribution >= 0.6 is 0 Å². The Balaban J connectivity index is 1.91. The van der Waals surface area contributed by atoms with Crippen molar-refractivity contribution in [3.05, 3.63) is 17.5 Å². The first-order valence-electron chi connectivity index (χ1n) is 5.43. The first-order valence-corrected chi connectivity index (χ1v) is 7.25. The summed E-state index contributed by atoms with van der Waals surface area (Å²) >= 11 is 0. The molecule has 1 aromatic heterocycles. The first-order chi connectivity index (χ1) is 7.59. The van der Waals surface area contributed by atoms with Crippen LogP contribution in [0.4, 0.5) is 0 Å². The SMILES string of the molecule is O=S1(=O)CCC(Cc2cc(CO)[nH]n2)CC1. The summed E-state index contributed by atoms with van der Waals surface area (Å²) in [5.41, 5.74) is 1.62. The molecule has 2 N–H and O–H groups in total. The van der Waals surface area contributed by atoms with E-state index in [1.54, 1.807) is 0 Å². The van der Waals surface area contributed by atoms with Crippen LogP contribution in [0.25, 0.3) is 0 Å². The molecule has 5 nitrogen and oxygen atoms in total. The van der Waals surface area contributed by atoms with Crippen molar-refractivity contribution in [1.82, 2.24) is 10.2 Å². The molecule has 1 aromatic rings.